The van der Waals surface area contributed by atoms with E-state index in [1.165, 1.54) is 22.1 Å². The molecule has 2 aromatic carbocycles. The summed E-state index contributed by atoms with van der Waals surface area (Å²) in [5.41, 5.74) is 3.63. The van der Waals surface area contributed by atoms with Crippen molar-refractivity contribution in [3.05, 3.63) is 64.7 Å². The summed E-state index contributed by atoms with van der Waals surface area (Å²) in [5.74, 6) is 0. The van der Waals surface area contributed by atoms with E-state index in [1.807, 2.05) is 6.07 Å². The molecule has 0 amide bonds. The van der Waals surface area contributed by atoms with Gasteiger partial charge >= 0.3 is 0 Å². The Balaban J connectivity index is 1.23. The first-order chi connectivity index (χ1) is 13.5. The first-order valence-corrected chi connectivity index (χ1v) is 12.3. The van der Waals surface area contributed by atoms with Gasteiger partial charge in [0.25, 0.3) is 0 Å². The molecule has 2 aliphatic rings. The Morgan fingerprint density at radius 3 is 2.46 bits per heavy atom. The van der Waals surface area contributed by atoms with Crippen molar-refractivity contribution in [2.45, 2.75) is 31.5 Å². The number of benzene rings is 2. The zero-order chi connectivity index (χ0) is 19.3. The Bertz CT molecular complexity index is 1080. The third-order valence-electron chi connectivity index (χ3n) is 5.83. The maximum Gasteiger partial charge on any atom is 0.211 e. The van der Waals surface area contributed by atoms with Crippen molar-refractivity contribution >= 4 is 31.6 Å². The quantitative estimate of drug-likeness (QED) is 0.645. The van der Waals surface area contributed by atoms with Gasteiger partial charge < -0.3 is 0 Å². The fourth-order valence-electron chi connectivity index (χ4n) is 4.48. The minimum atomic E-state index is -3.07. The standard InChI is InChI=1S/C21H23N3O2S2/c1-28(25,26)24-14-17-11-18(24)13-23(17)12-16-8-6-15(7-9-16)10-21-22-19-4-2-3-5-20(19)27-21/h2-9,17-18H,10-14H2,1H3. The second kappa shape index (κ2) is 6.91. The van der Waals surface area contributed by atoms with E-state index < -0.39 is 10.0 Å². The number of sulfonamides is 1. The van der Waals surface area contributed by atoms with Gasteiger partial charge in [-0.15, -0.1) is 11.3 Å². The molecule has 5 nitrogen and oxygen atoms in total. The monoisotopic (exact) mass is 413 g/mol. The van der Waals surface area contributed by atoms with Crippen LogP contribution in [0.15, 0.2) is 48.5 Å². The lowest BCUT2D eigenvalue weighted by Gasteiger charge is -2.32. The Hall–Kier alpha value is -1.80. The molecule has 0 N–H and O–H groups in total. The third kappa shape index (κ3) is 3.48. The smallest absolute Gasteiger partial charge is 0.211 e. The first kappa shape index (κ1) is 18.2. The summed E-state index contributed by atoms with van der Waals surface area (Å²) in [4.78, 5) is 7.15. The summed E-state index contributed by atoms with van der Waals surface area (Å²) in [6.45, 7) is 2.37. The minimum absolute atomic E-state index is 0.151. The fraction of sp³-hybridized carbons (Fsp3) is 0.381. The van der Waals surface area contributed by atoms with Gasteiger partial charge in [0.05, 0.1) is 21.5 Å². The summed E-state index contributed by atoms with van der Waals surface area (Å²) in [6.07, 6.45) is 3.14. The van der Waals surface area contributed by atoms with Gasteiger partial charge in [-0.2, -0.15) is 4.31 Å². The van der Waals surface area contributed by atoms with Crippen LogP contribution in [0.4, 0.5) is 0 Å². The fourth-order valence-corrected chi connectivity index (χ4v) is 6.62. The van der Waals surface area contributed by atoms with Crippen molar-refractivity contribution in [1.29, 1.82) is 0 Å². The molecule has 1 aromatic heterocycles. The molecule has 28 heavy (non-hydrogen) atoms. The van der Waals surface area contributed by atoms with E-state index >= 15 is 0 Å². The molecule has 2 saturated heterocycles. The van der Waals surface area contributed by atoms with E-state index in [4.69, 9.17) is 4.98 Å². The Morgan fingerprint density at radius 2 is 1.79 bits per heavy atom. The minimum Gasteiger partial charge on any atom is -0.293 e. The average molecular weight is 414 g/mol. The number of hydrogen-bond donors (Lipinski definition) is 0. The zero-order valence-corrected chi connectivity index (χ0v) is 17.4. The normalized spacial score (nSPS) is 23.0. The number of rotatable bonds is 5. The molecule has 0 saturated carbocycles. The summed E-state index contributed by atoms with van der Waals surface area (Å²) in [5, 5.41) is 1.15. The summed E-state index contributed by atoms with van der Waals surface area (Å²) >= 11 is 1.76. The van der Waals surface area contributed by atoms with Gasteiger partial charge in [-0.3, -0.25) is 4.90 Å². The van der Waals surface area contributed by atoms with E-state index in [1.54, 1.807) is 15.6 Å². The molecule has 146 valence electrons. The van der Waals surface area contributed by atoms with E-state index in [0.717, 1.165) is 36.5 Å². The second-order valence-corrected chi connectivity index (χ2v) is 10.9. The number of aromatic nitrogens is 1. The highest BCUT2D eigenvalue weighted by Gasteiger charge is 2.46. The van der Waals surface area contributed by atoms with Crippen LogP contribution in [0.3, 0.4) is 0 Å². The molecular weight excluding hydrogens is 390 g/mol. The molecule has 2 fully saturated rings. The number of hydrogen-bond acceptors (Lipinski definition) is 5. The molecule has 2 unspecified atom stereocenters. The lowest BCUT2D eigenvalue weighted by molar-refractivity contribution is 0.175. The van der Waals surface area contributed by atoms with Gasteiger partial charge in [0, 0.05) is 38.1 Å². The van der Waals surface area contributed by atoms with Crippen LogP contribution in [0, 0.1) is 0 Å². The van der Waals surface area contributed by atoms with Crippen LogP contribution in [0.1, 0.15) is 22.6 Å². The lowest BCUT2D eigenvalue weighted by atomic mass is 10.1. The summed E-state index contributed by atoms with van der Waals surface area (Å²) < 4.78 is 26.6. The molecule has 0 radical (unpaired) electrons. The predicted molar refractivity (Wildman–Crippen MR) is 113 cm³/mol. The highest BCUT2D eigenvalue weighted by atomic mass is 32.2. The van der Waals surface area contributed by atoms with Crippen molar-refractivity contribution in [2.75, 3.05) is 19.3 Å². The van der Waals surface area contributed by atoms with Crippen LogP contribution in [0.25, 0.3) is 10.2 Å². The highest BCUT2D eigenvalue weighted by Crippen LogP contribution is 2.33. The third-order valence-corrected chi connectivity index (χ3v) is 8.17. The van der Waals surface area contributed by atoms with Crippen LogP contribution in [-0.4, -0.2) is 54.0 Å². The van der Waals surface area contributed by atoms with Crippen molar-refractivity contribution in [3.63, 3.8) is 0 Å². The van der Waals surface area contributed by atoms with Gasteiger partial charge in [0.1, 0.15) is 0 Å². The summed E-state index contributed by atoms with van der Waals surface area (Å²) in [6, 6.07) is 17.5. The molecule has 2 bridgehead atoms. The Kier molecular flexibility index (Phi) is 4.50. The topological polar surface area (TPSA) is 53.5 Å². The van der Waals surface area contributed by atoms with Crippen molar-refractivity contribution in [1.82, 2.24) is 14.2 Å². The largest absolute Gasteiger partial charge is 0.293 e. The molecule has 5 rings (SSSR count). The number of likely N-dealkylation sites (tertiary alicyclic amines) is 1. The van der Waals surface area contributed by atoms with E-state index in [9.17, 15) is 8.42 Å². The zero-order valence-electron chi connectivity index (χ0n) is 15.8. The SMILES string of the molecule is CS(=O)(=O)N1CC2CC1CN2Cc1ccc(Cc2nc3ccccc3s2)cc1. The van der Waals surface area contributed by atoms with Gasteiger partial charge in [0.2, 0.25) is 10.0 Å². The van der Waals surface area contributed by atoms with Gasteiger partial charge in [-0.1, -0.05) is 36.4 Å². The van der Waals surface area contributed by atoms with Gasteiger partial charge in [-0.25, -0.2) is 13.4 Å². The van der Waals surface area contributed by atoms with Crippen LogP contribution in [-0.2, 0) is 23.0 Å². The molecule has 7 heteroatoms. The molecule has 0 aliphatic carbocycles. The van der Waals surface area contributed by atoms with Crippen LogP contribution in [0.2, 0.25) is 0 Å². The van der Waals surface area contributed by atoms with Crippen molar-refractivity contribution in [2.24, 2.45) is 0 Å². The highest BCUT2D eigenvalue weighted by molar-refractivity contribution is 7.88. The maximum absolute atomic E-state index is 11.8. The number of piperazine rings is 1. The lowest BCUT2D eigenvalue weighted by Crippen LogP contribution is -2.47. The average Bonchev–Trinajstić information content (AvgIpc) is 3.35. The van der Waals surface area contributed by atoms with Crippen LogP contribution < -0.4 is 0 Å². The number of para-hydroxylation sites is 1. The summed E-state index contributed by atoms with van der Waals surface area (Å²) in [7, 11) is -3.07. The number of nitrogens with zero attached hydrogens (tertiary/aromatic N) is 3. The van der Waals surface area contributed by atoms with Crippen LogP contribution >= 0.6 is 11.3 Å². The Labute approximate surface area is 169 Å². The molecule has 2 aliphatic heterocycles. The number of fused-ring (bicyclic) bond motifs is 3. The molecule has 3 heterocycles. The molecular formula is C21H23N3O2S2. The molecule has 0 spiro atoms. The van der Waals surface area contributed by atoms with Crippen molar-refractivity contribution in [3.8, 4) is 0 Å². The second-order valence-electron chi connectivity index (χ2n) is 7.87. The number of thiazole rings is 1. The van der Waals surface area contributed by atoms with Crippen molar-refractivity contribution < 1.29 is 8.42 Å². The molecule has 3 aromatic rings. The van der Waals surface area contributed by atoms with Gasteiger partial charge in [-0.05, 0) is 29.7 Å². The predicted octanol–water partition coefficient (Wildman–Crippen LogP) is 3.11. The first-order valence-electron chi connectivity index (χ1n) is 9.59. The van der Waals surface area contributed by atoms with E-state index in [-0.39, 0.29) is 6.04 Å². The Morgan fingerprint density at radius 1 is 1.04 bits per heavy atom. The maximum atomic E-state index is 11.8. The van der Waals surface area contributed by atoms with E-state index in [0.29, 0.717) is 12.6 Å². The molecule has 2 atom stereocenters. The van der Waals surface area contributed by atoms with Gasteiger partial charge in [0.15, 0.2) is 0 Å². The van der Waals surface area contributed by atoms with Crippen LogP contribution in [0.5, 0.6) is 0 Å². The van der Waals surface area contributed by atoms with E-state index in [2.05, 4.69) is 47.4 Å².